The van der Waals surface area contributed by atoms with E-state index in [0.717, 1.165) is 57.8 Å². The molecule has 0 rings (SSSR count). The van der Waals surface area contributed by atoms with Crippen molar-refractivity contribution in [1.82, 2.24) is 0 Å². The number of phosphoric acid groups is 1. The van der Waals surface area contributed by atoms with Gasteiger partial charge in [0.2, 0.25) is 0 Å². The van der Waals surface area contributed by atoms with Gasteiger partial charge in [-0.2, -0.15) is 0 Å². The first-order valence-corrected chi connectivity index (χ1v) is 20.2. The lowest BCUT2D eigenvalue weighted by molar-refractivity contribution is -0.161. The summed E-state index contributed by atoms with van der Waals surface area (Å²) in [5.74, 6) is -0.859. The number of unbranched alkanes of at least 4 members (excludes halogenated alkanes) is 16. The number of allylic oxidation sites excluding steroid dienone is 8. The Hall–Kier alpha value is -2.03. The zero-order valence-corrected chi connectivity index (χ0v) is 31.1. The molecule has 0 aliphatic carbocycles. The molecule has 278 valence electrons. The molecule has 0 bridgehead atoms. The Balaban J connectivity index is 4.29. The van der Waals surface area contributed by atoms with Crippen LogP contribution in [0.15, 0.2) is 48.6 Å². The molecule has 0 radical (unpaired) electrons. The number of phosphoric ester groups is 1. The number of ether oxygens (including phenoxy) is 2. The second-order valence-corrected chi connectivity index (χ2v) is 13.6. The summed E-state index contributed by atoms with van der Waals surface area (Å²) < 4.78 is 32.6. The number of esters is 2. The Morgan fingerprint density at radius 1 is 0.646 bits per heavy atom. The topological polar surface area (TPSA) is 134 Å². The van der Waals surface area contributed by atoms with Crippen LogP contribution in [0.3, 0.4) is 0 Å². The van der Waals surface area contributed by atoms with Crippen molar-refractivity contribution >= 4 is 19.8 Å². The fraction of sp³-hybridized carbons (Fsp3) is 0.737. The number of carbonyl (C=O) groups is 2. The largest absolute Gasteiger partial charge is 0.472 e. The average molecular weight is 698 g/mol. The second-order valence-electron chi connectivity index (χ2n) is 12.2. The van der Waals surface area contributed by atoms with E-state index in [9.17, 15) is 19.0 Å². The summed E-state index contributed by atoms with van der Waals surface area (Å²) in [6.45, 7) is 3.54. The lowest BCUT2D eigenvalue weighted by Gasteiger charge is -2.19. The van der Waals surface area contributed by atoms with E-state index in [4.69, 9.17) is 24.3 Å². The van der Waals surface area contributed by atoms with Gasteiger partial charge in [-0.05, 0) is 32.1 Å². The molecule has 0 aromatic rings. The molecule has 0 heterocycles. The van der Waals surface area contributed by atoms with E-state index in [2.05, 4.69) is 32.1 Å². The number of nitrogens with two attached hydrogens (primary N) is 1. The minimum absolute atomic E-state index is 0.0480. The highest BCUT2D eigenvalue weighted by Gasteiger charge is 2.25. The molecule has 10 heteroatoms. The molecule has 2 atom stereocenters. The summed E-state index contributed by atoms with van der Waals surface area (Å²) in [4.78, 5) is 34.7. The van der Waals surface area contributed by atoms with Crippen LogP contribution in [0, 0.1) is 0 Å². The van der Waals surface area contributed by atoms with Crippen molar-refractivity contribution < 1.29 is 37.6 Å². The maximum Gasteiger partial charge on any atom is 0.472 e. The molecule has 0 saturated carbocycles. The van der Waals surface area contributed by atoms with E-state index in [-0.39, 0.29) is 32.6 Å². The molecule has 1 unspecified atom stereocenters. The van der Waals surface area contributed by atoms with Gasteiger partial charge in [0, 0.05) is 19.4 Å². The Labute approximate surface area is 292 Å². The van der Waals surface area contributed by atoms with Crippen LogP contribution in [0.25, 0.3) is 0 Å². The summed E-state index contributed by atoms with van der Waals surface area (Å²) in [7, 11) is -4.38. The summed E-state index contributed by atoms with van der Waals surface area (Å²) in [5, 5.41) is 0. The van der Waals surface area contributed by atoms with E-state index in [1.807, 2.05) is 30.4 Å². The van der Waals surface area contributed by atoms with Crippen LogP contribution in [-0.2, 0) is 32.7 Å². The standard InChI is InChI=1S/C38H68NO8P/c1-3-5-7-9-11-13-15-17-18-19-21-23-25-27-29-31-38(41)47-36(35-46-48(42,43)45-33-32-39)34-44-37(40)30-28-26-24-22-20-16-14-12-10-8-6-4-2/h5,7,9,11,13,15,17-18,36H,3-4,6,8,10,12,14,16,19-35,39H2,1-2H3,(H,42,43)/b7-5+,11-9+,15-13+,18-17+/t36-/m1/s1. The minimum Gasteiger partial charge on any atom is -0.462 e. The van der Waals surface area contributed by atoms with Gasteiger partial charge >= 0.3 is 19.8 Å². The zero-order chi connectivity index (χ0) is 35.4. The van der Waals surface area contributed by atoms with Crippen molar-refractivity contribution in [2.75, 3.05) is 26.4 Å². The number of rotatable bonds is 34. The number of hydrogen-bond donors (Lipinski definition) is 2. The highest BCUT2D eigenvalue weighted by molar-refractivity contribution is 7.47. The molecule has 3 N–H and O–H groups in total. The van der Waals surface area contributed by atoms with Crippen LogP contribution in [-0.4, -0.2) is 49.3 Å². The van der Waals surface area contributed by atoms with Gasteiger partial charge in [0.1, 0.15) is 6.61 Å². The predicted octanol–water partition coefficient (Wildman–Crippen LogP) is 9.99. The molecule has 0 aromatic heterocycles. The number of carbonyl (C=O) groups excluding carboxylic acids is 2. The Bertz CT molecular complexity index is 934. The van der Waals surface area contributed by atoms with Crippen molar-refractivity contribution in [1.29, 1.82) is 0 Å². The van der Waals surface area contributed by atoms with Crippen molar-refractivity contribution in [3.05, 3.63) is 48.6 Å². The minimum atomic E-state index is -4.38. The van der Waals surface area contributed by atoms with Crippen LogP contribution in [0.2, 0.25) is 0 Å². The first-order chi connectivity index (χ1) is 23.3. The van der Waals surface area contributed by atoms with Gasteiger partial charge in [-0.3, -0.25) is 18.6 Å². The van der Waals surface area contributed by atoms with E-state index < -0.39 is 32.5 Å². The van der Waals surface area contributed by atoms with Gasteiger partial charge < -0.3 is 20.1 Å². The molecule has 0 aromatic carbocycles. The normalized spacial score (nSPS) is 14.0. The lowest BCUT2D eigenvalue weighted by atomic mass is 10.0. The fourth-order valence-electron chi connectivity index (χ4n) is 4.82. The molecule has 0 aliphatic heterocycles. The predicted molar refractivity (Wildman–Crippen MR) is 196 cm³/mol. The molecule has 0 aliphatic rings. The third-order valence-electron chi connectivity index (χ3n) is 7.57. The smallest absolute Gasteiger partial charge is 0.462 e. The molecule has 48 heavy (non-hydrogen) atoms. The molecule has 0 amide bonds. The van der Waals surface area contributed by atoms with Gasteiger partial charge in [-0.15, -0.1) is 0 Å². The maximum absolute atomic E-state index is 12.5. The number of hydrogen-bond acceptors (Lipinski definition) is 8. The molecule has 9 nitrogen and oxygen atoms in total. The van der Waals surface area contributed by atoms with Gasteiger partial charge in [0.25, 0.3) is 0 Å². The third kappa shape index (κ3) is 33.9. The third-order valence-corrected chi connectivity index (χ3v) is 8.56. The van der Waals surface area contributed by atoms with Gasteiger partial charge in [-0.1, -0.05) is 152 Å². The van der Waals surface area contributed by atoms with Crippen LogP contribution in [0.1, 0.15) is 149 Å². The summed E-state index contributed by atoms with van der Waals surface area (Å²) in [5.41, 5.74) is 5.32. The van der Waals surface area contributed by atoms with E-state index in [1.54, 1.807) is 0 Å². The Kier molecular flexibility index (Phi) is 33.3. The fourth-order valence-corrected chi connectivity index (χ4v) is 5.59. The molecular weight excluding hydrogens is 629 g/mol. The highest BCUT2D eigenvalue weighted by Crippen LogP contribution is 2.43. The molecule has 0 fully saturated rings. The van der Waals surface area contributed by atoms with Crippen molar-refractivity contribution in [3.8, 4) is 0 Å². The van der Waals surface area contributed by atoms with E-state index in [0.29, 0.717) is 6.42 Å². The van der Waals surface area contributed by atoms with E-state index in [1.165, 1.54) is 57.8 Å². The van der Waals surface area contributed by atoms with Crippen molar-refractivity contribution in [2.45, 2.75) is 155 Å². The van der Waals surface area contributed by atoms with E-state index >= 15 is 0 Å². The summed E-state index contributed by atoms with van der Waals surface area (Å²) in [6, 6.07) is 0. The highest BCUT2D eigenvalue weighted by atomic mass is 31.2. The maximum atomic E-state index is 12.5. The average Bonchev–Trinajstić information content (AvgIpc) is 3.07. The molecular formula is C38H68NO8P. The van der Waals surface area contributed by atoms with Crippen LogP contribution in [0.4, 0.5) is 0 Å². The van der Waals surface area contributed by atoms with Crippen LogP contribution in [0.5, 0.6) is 0 Å². The van der Waals surface area contributed by atoms with Crippen LogP contribution < -0.4 is 5.73 Å². The second kappa shape index (κ2) is 34.8. The first-order valence-electron chi connectivity index (χ1n) is 18.7. The summed E-state index contributed by atoms with van der Waals surface area (Å²) in [6.07, 6.45) is 37.1. The zero-order valence-electron chi connectivity index (χ0n) is 30.2. The van der Waals surface area contributed by atoms with Crippen molar-refractivity contribution in [2.24, 2.45) is 5.73 Å². The Morgan fingerprint density at radius 3 is 1.71 bits per heavy atom. The lowest BCUT2D eigenvalue weighted by Crippen LogP contribution is -2.29. The van der Waals surface area contributed by atoms with Gasteiger partial charge in [-0.25, -0.2) is 4.57 Å². The quantitative estimate of drug-likeness (QED) is 0.0291. The Morgan fingerprint density at radius 2 is 1.15 bits per heavy atom. The summed E-state index contributed by atoms with van der Waals surface area (Å²) >= 11 is 0. The van der Waals surface area contributed by atoms with Gasteiger partial charge in [0.15, 0.2) is 6.10 Å². The monoisotopic (exact) mass is 697 g/mol. The van der Waals surface area contributed by atoms with Crippen molar-refractivity contribution in [3.63, 3.8) is 0 Å². The first kappa shape index (κ1) is 46.0. The van der Waals surface area contributed by atoms with Crippen LogP contribution >= 0.6 is 7.82 Å². The van der Waals surface area contributed by atoms with Gasteiger partial charge in [0.05, 0.1) is 13.2 Å². The molecule has 0 saturated heterocycles. The molecule has 0 spiro atoms. The SMILES string of the molecule is CC/C=C/C=C/C=C/C=C/CCCCCCCC(=O)O[C@H](COC(=O)CCCCCCCCCCCCCC)COP(=O)(O)OCCN.